The van der Waals surface area contributed by atoms with Crippen molar-refractivity contribution in [2.75, 3.05) is 30.4 Å². The molecule has 0 N–H and O–H groups in total. The summed E-state index contributed by atoms with van der Waals surface area (Å²) in [5, 5.41) is 0. The number of ether oxygens (including phenoxy) is 1. The molecule has 1 saturated heterocycles. The first-order valence-electron chi connectivity index (χ1n) is 8.24. The van der Waals surface area contributed by atoms with Crippen molar-refractivity contribution in [2.24, 2.45) is 0 Å². The van der Waals surface area contributed by atoms with Crippen molar-refractivity contribution in [1.29, 1.82) is 0 Å². The van der Waals surface area contributed by atoms with E-state index in [2.05, 4.69) is 0 Å². The number of benzene rings is 1. The maximum Gasteiger partial charge on any atom is 0.307 e. The number of hydrogen-bond donors (Lipinski definition) is 0. The van der Waals surface area contributed by atoms with Gasteiger partial charge in [-0.25, -0.2) is 8.42 Å². The number of sulfone groups is 1. The molecule has 0 aromatic heterocycles. The number of carbonyl (C=O) groups is 2. The molecule has 0 spiro atoms. The summed E-state index contributed by atoms with van der Waals surface area (Å²) in [7, 11) is -3.06. The van der Waals surface area contributed by atoms with Crippen LogP contribution in [0.15, 0.2) is 35.2 Å². The predicted octanol–water partition coefficient (Wildman–Crippen LogP) is 1.75. The predicted molar refractivity (Wildman–Crippen MR) is 97.2 cm³/mol. The van der Waals surface area contributed by atoms with Gasteiger partial charge in [0.2, 0.25) is 0 Å². The van der Waals surface area contributed by atoms with E-state index in [9.17, 15) is 18.0 Å². The quantitative estimate of drug-likeness (QED) is 0.501. The van der Waals surface area contributed by atoms with E-state index >= 15 is 0 Å². The van der Waals surface area contributed by atoms with Gasteiger partial charge in [0.25, 0.3) is 5.91 Å². The molecule has 1 unspecified atom stereocenters. The van der Waals surface area contributed by atoms with Crippen LogP contribution in [0.3, 0.4) is 0 Å². The minimum Gasteiger partial charge on any atom is -0.456 e. The standard InChI is InChI=1S/C17H23NO5S2/c1-2-18(14-9-11-25(21,22)13-14)16(19)12-23-17(20)8-10-24-15-6-4-3-5-7-15/h3-7,14H,2,8-13H2,1H3. The highest BCUT2D eigenvalue weighted by molar-refractivity contribution is 7.99. The molecular formula is C17H23NO5S2. The van der Waals surface area contributed by atoms with Gasteiger partial charge in [0.05, 0.1) is 17.9 Å². The zero-order valence-electron chi connectivity index (χ0n) is 14.2. The topological polar surface area (TPSA) is 80.8 Å². The van der Waals surface area contributed by atoms with Gasteiger partial charge in [0.15, 0.2) is 16.4 Å². The first-order valence-corrected chi connectivity index (χ1v) is 11.1. The Morgan fingerprint density at radius 3 is 2.60 bits per heavy atom. The Hall–Kier alpha value is -1.54. The molecule has 1 aliphatic heterocycles. The molecule has 25 heavy (non-hydrogen) atoms. The zero-order valence-corrected chi connectivity index (χ0v) is 15.9. The van der Waals surface area contributed by atoms with E-state index in [-0.39, 0.29) is 36.5 Å². The van der Waals surface area contributed by atoms with Crippen LogP contribution in [0.5, 0.6) is 0 Å². The Bertz CT molecular complexity index is 690. The van der Waals surface area contributed by atoms with E-state index in [0.717, 1.165) is 4.90 Å². The summed E-state index contributed by atoms with van der Waals surface area (Å²) in [5.41, 5.74) is 0. The van der Waals surface area contributed by atoms with E-state index in [1.807, 2.05) is 30.3 Å². The molecule has 1 fully saturated rings. The molecular weight excluding hydrogens is 362 g/mol. The molecule has 0 radical (unpaired) electrons. The molecule has 8 heteroatoms. The Kier molecular flexibility index (Phi) is 7.31. The Labute approximate surface area is 152 Å². The fourth-order valence-corrected chi connectivity index (χ4v) is 5.31. The lowest BCUT2D eigenvalue weighted by atomic mass is 10.2. The average Bonchev–Trinajstić information content (AvgIpc) is 2.94. The van der Waals surface area contributed by atoms with Crippen LogP contribution in [-0.2, 0) is 24.2 Å². The number of thioether (sulfide) groups is 1. The number of carbonyl (C=O) groups excluding carboxylic acids is 2. The van der Waals surface area contributed by atoms with Crippen LogP contribution in [0.1, 0.15) is 19.8 Å². The summed E-state index contributed by atoms with van der Waals surface area (Å²) in [5.74, 6) is -0.0813. The molecule has 1 atom stereocenters. The van der Waals surface area contributed by atoms with E-state index in [1.165, 1.54) is 4.90 Å². The molecule has 1 heterocycles. The highest BCUT2D eigenvalue weighted by atomic mass is 32.2. The largest absolute Gasteiger partial charge is 0.456 e. The van der Waals surface area contributed by atoms with Gasteiger partial charge < -0.3 is 9.64 Å². The van der Waals surface area contributed by atoms with Crippen molar-refractivity contribution in [3.05, 3.63) is 30.3 Å². The lowest BCUT2D eigenvalue weighted by Gasteiger charge is -2.26. The van der Waals surface area contributed by atoms with Gasteiger partial charge in [-0.15, -0.1) is 11.8 Å². The van der Waals surface area contributed by atoms with Crippen LogP contribution in [0.2, 0.25) is 0 Å². The molecule has 0 aliphatic carbocycles. The molecule has 0 bridgehead atoms. The number of hydrogen-bond acceptors (Lipinski definition) is 6. The third-order valence-corrected chi connectivity index (χ3v) is 6.75. The van der Waals surface area contributed by atoms with Gasteiger partial charge in [0.1, 0.15) is 0 Å². The molecule has 1 aromatic carbocycles. The summed E-state index contributed by atoms with van der Waals surface area (Å²) in [6.07, 6.45) is 0.667. The van der Waals surface area contributed by atoms with Crippen LogP contribution in [0.4, 0.5) is 0 Å². The van der Waals surface area contributed by atoms with Crippen LogP contribution in [0.25, 0.3) is 0 Å². The first kappa shape index (κ1) is 19.8. The maximum atomic E-state index is 12.2. The number of amides is 1. The van der Waals surface area contributed by atoms with Gasteiger partial charge in [-0.05, 0) is 25.5 Å². The molecule has 0 saturated carbocycles. The normalized spacial score (nSPS) is 18.7. The summed E-state index contributed by atoms with van der Waals surface area (Å²) in [6.45, 7) is 1.86. The fraction of sp³-hybridized carbons (Fsp3) is 0.529. The Balaban J connectivity index is 1.71. The number of likely N-dealkylation sites (N-methyl/N-ethyl adjacent to an activating group) is 1. The van der Waals surface area contributed by atoms with Crippen molar-refractivity contribution in [3.63, 3.8) is 0 Å². The van der Waals surface area contributed by atoms with Crippen LogP contribution < -0.4 is 0 Å². The van der Waals surface area contributed by atoms with E-state index in [4.69, 9.17) is 4.74 Å². The van der Waals surface area contributed by atoms with Crippen molar-refractivity contribution >= 4 is 33.5 Å². The highest BCUT2D eigenvalue weighted by Crippen LogP contribution is 2.19. The van der Waals surface area contributed by atoms with Crippen LogP contribution in [-0.4, -0.2) is 61.6 Å². The second-order valence-corrected chi connectivity index (χ2v) is 9.21. The van der Waals surface area contributed by atoms with Crippen LogP contribution in [0, 0.1) is 0 Å². The minimum atomic E-state index is -3.06. The van der Waals surface area contributed by atoms with Gasteiger partial charge in [-0.2, -0.15) is 0 Å². The zero-order chi connectivity index (χ0) is 18.3. The van der Waals surface area contributed by atoms with Crippen molar-refractivity contribution in [3.8, 4) is 0 Å². The summed E-state index contributed by atoms with van der Waals surface area (Å²) >= 11 is 1.55. The second kappa shape index (κ2) is 9.24. The number of rotatable bonds is 8. The third-order valence-electron chi connectivity index (χ3n) is 3.98. The summed E-state index contributed by atoms with van der Waals surface area (Å²) in [6, 6.07) is 9.42. The van der Waals surface area contributed by atoms with Gasteiger partial charge in [-0.1, -0.05) is 18.2 Å². The highest BCUT2D eigenvalue weighted by Gasteiger charge is 2.34. The SMILES string of the molecule is CCN(C(=O)COC(=O)CCSc1ccccc1)C1CCS(=O)(=O)C1. The van der Waals surface area contributed by atoms with Gasteiger partial charge in [-0.3, -0.25) is 9.59 Å². The number of esters is 1. The van der Waals surface area contributed by atoms with E-state index < -0.39 is 15.8 Å². The fourth-order valence-electron chi connectivity index (χ4n) is 2.73. The molecule has 2 rings (SSSR count). The lowest BCUT2D eigenvalue weighted by Crippen LogP contribution is -2.43. The third kappa shape index (κ3) is 6.36. The van der Waals surface area contributed by atoms with Crippen molar-refractivity contribution in [1.82, 2.24) is 4.90 Å². The Morgan fingerprint density at radius 2 is 2.00 bits per heavy atom. The number of nitrogens with zero attached hydrogens (tertiary/aromatic N) is 1. The second-order valence-electron chi connectivity index (χ2n) is 5.81. The smallest absolute Gasteiger partial charge is 0.307 e. The van der Waals surface area contributed by atoms with E-state index in [0.29, 0.717) is 18.7 Å². The van der Waals surface area contributed by atoms with Crippen LogP contribution >= 0.6 is 11.8 Å². The lowest BCUT2D eigenvalue weighted by molar-refractivity contribution is -0.152. The molecule has 1 amide bonds. The summed E-state index contributed by atoms with van der Waals surface area (Å²) < 4.78 is 28.2. The van der Waals surface area contributed by atoms with Gasteiger partial charge >= 0.3 is 5.97 Å². The van der Waals surface area contributed by atoms with Gasteiger partial charge in [0, 0.05) is 23.2 Å². The van der Waals surface area contributed by atoms with Crippen molar-refractivity contribution in [2.45, 2.75) is 30.7 Å². The average molecular weight is 386 g/mol. The molecule has 1 aromatic rings. The first-order chi connectivity index (χ1) is 11.9. The van der Waals surface area contributed by atoms with Crippen molar-refractivity contribution < 1.29 is 22.7 Å². The Morgan fingerprint density at radius 1 is 1.28 bits per heavy atom. The minimum absolute atomic E-state index is 0.00571. The maximum absolute atomic E-state index is 12.2. The monoisotopic (exact) mass is 385 g/mol. The van der Waals surface area contributed by atoms with E-state index in [1.54, 1.807) is 18.7 Å². The molecule has 138 valence electrons. The molecule has 1 aliphatic rings. The molecule has 6 nitrogen and oxygen atoms in total. The summed E-state index contributed by atoms with van der Waals surface area (Å²) in [4.78, 5) is 26.6.